The van der Waals surface area contributed by atoms with Gasteiger partial charge in [0.25, 0.3) is 0 Å². The Labute approximate surface area is 145 Å². The number of amides is 2. The molecule has 1 aliphatic heterocycles. The molecule has 2 atom stereocenters. The van der Waals surface area contributed by atoms with Crippen molar-refractivity contribution < 1.29 is 18.4 Å². The van der Waals surface area contributed by atoms with Gasteiger partial charge in [-0.1, -0.05) is 24.2 Å². The number of rotatable bonds is 4. The number of fused-ring (bicyclic) bond motifs is 1. The largest absolute Gasteiger partial charge is 0.490 e. The van der Waals surface area contributed by atoms with Gasteiger partial charge in [-0.05, 0) is 26.3 Å². The number of aromatic nitrogens is 1. The van der Waals surface area contributed by atoms with Crippen molar-refractivity contribution in [2.75, 3.05) is 6.61 Å². The van der Waals surface area contributed by atoms with Crippen molar-refractivity contribution in [1.82, 2.24) is 15.8 Å². The first-order valence-corrected chi connectivity index (χ1v) is 8.42. The molecule has 1 aromatic carbocycles. The Morgan fingerprint density at radius 3 is 2.92 bits per heavy atom. The summed E-state index contributed by atoms with van der Waals surface area (Å²) in [5, 5.41) is 9.82. The van der Waals surface area contributed by atoms with Crippen LogP contribution in [0.2, 0.25) is 0 Å². The quantitative estimate of drug-likeness (QED) is 0.884. The molecule has 0 saturated heterocycles. The molecule has 134 valence electrons. The van der Waals surface area contributed by atoms with E-state index in [1.165, 1.54) is 6.07 Å². The van der Waals surface area contributed by atoms with Gasteiger partial charge in [-0.15, -0.1) is 0 Å². The van der Waals surface area contributed by atoms with Crippen LogP contribution in [0.3, 0.4) is 0 Å². The summed E-state index contributed by atoms with van der Waals surface area (Å²) in [5.41, 5.74) is 2.32. The number of benzene rings is 1. The summed E-state index contributed by atoms with van der Waals surface area (Å²) >= 11 is 0. The van der Waals surface area contributed by atoms with E-state index >= 15 is 0 Å². The Hall–Kier alpha value is -2.57. The first kappa shape index (κ1) is 17.3. The van der Waals surface area contributed by atoms with Crippen LogP contribution in [0.15, 0.2) is 22.7 Å². The molecular formula is C18H22FN3O3. The Morgan fingerprint density at radius 2 is 2.24 bits per heavy atom. The number of hydrogen-bond donors (Lipinski definition) is 2. The fourth-order valence-electron chi connectivity index (χ4n) is 3.26. The Morgan fingerprint density at radius 1 is 1.44 bits per heavy atom. The maximum Gasteiger partial charge on any atom is 0.315 e. The summed E-state index contributed by atoms with van der Waals surface area (Å²) in [6.45, 7) is 6.02. The monoisotopic (exact) mass is 347 g/mol. The highest BCUT2D eigenvalue weighted by molar-refractivity contribution is 5.75. The molecule has 0 saturated carbocycles. The number of hydrogen-bond acceptors (Lipinski definition) is 4. The molecule has 2 N–H and O–H groups in total. The van der Waals surface area contributed by atoms with E-state index in [1.54, 1.807) is 12.1 Å². The van der Waals surface area contributed by atoms with Crippen LogP contribution in [0.25, 0.3) is 0 Å². The highest BCUT2D eigenvalue weighted by Gasteiger charge is 2.27. The minimum Gasteiger partial charge on any atom is -0.490 e. The molecule has 6 nitrogen and oxygen atoms in total. The van der Waals surface area contributed by atoms with E-state index in [9.17, 15) is 9.18 Å². The SMILES string of the molecule is CC[C@H](NC(=O)N[C@H]1CCOc2c(F)cccc21)c1c(C)noc1C. The number of halogens is 1. The molecule has 0 radical (unpaired) electrons. The summed E-state index contributed by atoms with van der Waals surface area (Å²) in [5.74, 6) is 0.506. The van der Waals surface area contributed by atoms with E-state index in [0.717, 1.165) is 11.3 Å². The van der Waals surface area contributed by atoms with E-state index in [4.69, 9.17) is 9.26 Å². The van der Waals surface area contributed by atoms with Crippen molar-refractivity contribution in [3.05, 3.63) is 46.6 Å². The normalized spacial score (nSPS) is 17.4. The van der Waals surface area contributed by atoms with Crippen molar-refractivity contribution in [2.24, 2.45) is 0 Å². The van der Waals surface area contributed by atoms with Crippen LogP contribution < -0.4 is 15.4 Å². The number of urea groups is 1. The number of nitrogens with zero attached hydrogens (tertiary/aromatic N) is 1. The zero-order valence-electron chi connectivity index (χ0n) is 14.6. The summed E-state index contributed by atoms with van der Waals surface area (Å²) in [6.07, 6.45) is 1.29. The van der Waals surface area contributed by atoms with Crippen molar-refractivity contribution >= 4 is 6.03 Å². The minimum absolute atomic E-state index is 0.196. The van der Waals surface area contributed by atoms with Gasteiger partial charge in [0.05, 0.1) is 24.4 Å². The number of nitrogens with one attached hydrogen (secondary N) is 2. The lowest BCUT2D eigenvalue weighted by Gasteiger charge is -2.28. The second-order valence-electron chi connectivity index (χ2n) is 6.16. The molecule has 0 bridgehead atoms. The van der Waals surface area contributed by atoms with Crippen molar-refractivity contribution in [1.29, 1.82) is 0 Å². The van der Waals surface area contributed by atoms with E-state index < -0.39 is 5.82 Å². The third kappa shape index (κ3) is 3.45. The molecular weight excluding hydrogens is 325 g/mol. The Bertz CT molecular complexity index is 755. The molecule has 1 aromatic heterocycles. The van der Waals surface area contributed by atoms with Crippen LogP contribution >= 0.6 is 0 Å². The maximum absolute atomic E-state index is 13.9. The molecule has 0 spiro atoms. The summed E-state index contributed by atoms with van der Waals surface area (Å²) < 4.78 is 24.4. The molecule has 2 amide bonds. The molecule has 0 unspecified atom stereocenters. The van der Waals surface area contributed by atoms with Gasteiger partial charge in [0.1, 0.15) is 5.76 Å². The van der Waals surface area contributed by atoms with Gasteiger partial charge in [0.2, 0.25) is 0 Å². The smallest absolute Gasteiger partial charge is 0.315 e. The molecule has 2 heterocycles. The van der Waals surface area contributed by atoms with E-state index in [2.05, 4.69) is 15.8 Å². The zero-order chi connectivity index (χ0) is 18.0. The fraction of sp³-hybridized carbons (Fsp3) is 0.444. The predicted octanol–water partition coefficient (Wildman–Crippen LogP) is 3.70. The number of para-hydroxylation sites is 1. The van der Waals surface area contributed by atoms with Crippen molar-refractivity contribution in [3.8, 4) is 5.75 Å². The maximum atomic E-state index is 13.9. The van der Waals surface area contributed by atoms with Crippen LogP contribution in [-0.4, -0.2) is 17.8 Å². The van der Waals surface area contributed by atoms with Crippen molar-refractivity contribution in [2.45, 2.75) is 45.7 Å². The molecule has 7 heteroatoms. The average Bonchev–Trinajstić information content (AvgIpc) is 2.92. The van der Waals surface area contributed by atoms with E-state index in [0.29, 0.717) is 30.8 Å². The lowest BCUT2D eigenvalue weighted by Crippen LogP contribution is -2.41. The van der Waals surface area contributed by atoms with Gasteiger partial charge in [-0.3, -0.25) is 0 Å². The topological polar surface area (TPSA) is 76.4 Å². The highest BCUT2D eigenvalue weighted by Crippen LogP contribution is 2.34. The van der Waals surface area contributed by atoms with E-state index in [-0.39, 0.29) is 23.9 Å². The molecule has 0 fully saturated rings. The molecule has 3 rings (SSSR count). The first-order valence-electron chi connectivity index (χ1n) is 8.42. The fourth-order valence-corrected chi connectivity index (χ4v) is 3.26. The Balaban J connectivity index is 1.72. The standard InChI is InChI=1S/C18H22FN3O3/c1-4-14(16-10(2)22-25-11(16)3)20-18(23)21-15-8-9-24-17-12(15)6-5-7-13(17)19/h5-7,14-15H,4,8-9H2,1-3H3,(H2,20,21,23)/t14-,15-/m0/s1. The molecule has 0 aliphatic carbocycles. The number of ether oxygens (including phenoxy) is 1. The number of aryl methyl sites for hydroxylation is 2. The van der Waals surface area contributed by atoms with Crippen LogP contribution in [0, 0.1) is 19.7 Å². The Kier molecular flexibility index (Phi) is 4.92. The third-order valence-electron chi connectivity index (χ3n) is 4.48. The van der Waals surface area contributed by atoms with Crippen molar-refractivity contribution in [3.63, 3.8) is 0 Å². The van der Waals surface area contributed by atoms with Crippen LogP contribution in [0.5, 0.6) is 5.75 Å². The number of carbonyl (C=O) groups excluding carboxylic acids is 1. The van der Waals surface area contributed by atoms with Gasteiger partial charge in [-0.2, -0.15) is 0 Å². The summed E-state index contributed by atoms with van der Waals surface area (Å²) in [7, 11) is 0. The first-order chi connectivity index (χ1) is 12.0. The second kappa shape index (κ2) is 7.13. The lowest BCUT2D eigenvalue weighted by atomic mass is 10.00. The molecule has 2 aromatic rings. The second-order valence-corrected chi connectivity index (χ2v) is 6.16. The van der Waals surface area contributed by atoms with Gasteiger partial charge >= 0.3 is 6.03 Å². The van der Waals surface area contributed by atoms with Gasteiger partial charge in [0.15, 0.2) is 11.6 Å². The van der Waals surface area contributed by atoms with Crippen LogP contribution in [0.1, 0.15) is 54.4 Å². The zero-order valence-corrected chi connectivity index (χ0v) is 14.6. The van der Waals surface area contributed by atoms with Gasteiger partial charge in [-0.25, -0.2) is 9.18 Å². The average molecular weight is 347 g/mol. The molecule has 25 heavy (non-hydrogen) atoms. The van der Waals surface area contributed by atoms with Gasteiger partial charge in [0, 0.05) is 17.5 Å². The van der Waals surface area contributed by atoms with E-state index in [1.807, 2.05) is 20.8 Å². The third-order valence-corrected chi connectivity index (χ3v) is 4.48. The predicted molar refractivity (Wildman–Crippen MR) is 89.9 cm³/mol. The summed E-state index contributed by atoms with van der Waals surface area (Å²) in [6, 6.07) is 3.95. The summed E-state index contributed by atoms with van der Waals surface area (Å²) in [4.78, 5) is 12.5. The highest BCUT2D eigenvalue weighted by atomic mass is 19.1. The molecule has 1 aliphatic rings. The minimum atomic E-state index is -0.411. The number of carbonyl (C=O) groups is 1. The lowest BCUT2D eigenvalue weighted by molar-refractivity contribution is 0.216. The van der Waals surface area contributed by atoms with Gasteiger partial charge < -0.3 is 19.9 Å². The van der Waals surface area contributed by atoms with Crippen LogP contribution in [0.4, 0.5) is 9.18 Å². The van der Waals surface area contributed by atoms with Crippen LogP contribution in [-0.2, 0) is 0 Å².